The van der Waals surface area contributed by atoms with Gasteiger partial charge in [0.15, 0.2) is 0 Å². The largest absolute Gasteiger partial charge is 0.383 e. The number of nitrogens with one attached hydrogen (secondary N) is 1. The molecule has 0 aliphatic rings. The van der Waals surface area contributed by atoms with Crippen molar-refractivity contribution < 1.29 is 4.74 Å². The molecule has 1 N–H and O–H groups in total. The lowest BCUT2D eigenvalue weighted by Crippen LogP contribution is -2.18. The van der Waals surface area contributed by atoms with Crippen LogP contribution in [0.5, 0.6) is 0 Å². The van der Waals surface area contributed by atoms with E-state index in [2.05, 4.69) is 31.4 Å². The van der Waals surface area contributed by atoms with Crippen LogP contribution in [0.15, 0.2) is 22.7 Å². The molecule has 1 heterocycles. The monoisotopic (exact) mass is 361 g/mol. The van der Waals surface area contributed by atoms with Gasteiger partial charge in [0, 0.05) is 30.2 Å². The molecule has 0 atom stereocenters. The Bertz CT molecular complexity index is 550. The van der Waals surface area contributed by atoms with Gasteiger partial charge in [0.05, 0.1) is 11.6 Å². The zero-order valence-electron chi connectivity index (χ0n) is 10.3. The van der Waals surface area contributed by atoms with E-state index in [-0.39, 0.29) is 0 Å². The van der Waals surface area contributed by atoms with Crippen LogP contribution in [0.25, 0.3) is 10.6 Å². The molecule has 0 saturated heterocycles. The predicted molar refractivity (Wildman–Crippen MR) is 81.6 cm³/mol. The maximum atomic E-state index is 6.24. The summed E-state index contributed by atoms with van der Waals surface area (Å²) in [5.41, 5.74) is 0.900. The van der Waals surface area contributed by atoms with Crippen molar-refractivity contribution in [2.75, 3.05) is 20.3 Å². The lowest BCUT2D eigenvalue weighted by molar-refractivity contribution is 0.199. The lowest BCUT2D eigenvalue weighted by Gasteiger charge is -2.01. The van der Waals surface area contributed by atoms with Crippen LogP contribution in [0.1, 0.15) is 5.01 Å². The Labute approximate surface area is 129 Å². The van der Waals surface area contributed by atoms with Crippen LogP contribution < -0.4 is 5.32 Å². The van der Waals surface area contributed by atoms with Crippen LogP contribution in [0.2, 0.25) is 5.02 Å². The molecule has 0 aliphatic carbocycles. The molecule has 0 fully saturated rings. The Morgan fingerprint density at radius 3 is 3.05 bits per heavy atom. The first-order valence-electron chi connectivity index (χ1n) is 5.69. The molecule has 2 aromatic rings. The van der Waals surface area contributed by atoms with Gasteiger partial charge < -0.3 is 10.1 Å². The van der Waals surface area contributed by atoms with E-state index in [1.807, 2.05) is 18.2 Å². The third kappa shape index (κ3) is 3.97. The van der Waals surface area contributed by atoms with E-state index in [1.54, 1.807) is 7.11 Å². The normalized spacial score (nSPS) is 10.9. The van der Waals surface area contributed by atoms with E-state index in [0.717, 1.165) is 26.6 Å². The summed E-state index contributed by atoms with van der Waals surface area (Å²) < 4.78 is 5.83. The maximum absolute atomic E-state index is 6.24. The fourth-order valence-corrected chi connectivity index (χ4v) is 2.95. The first kappa shape index (κ1) is 14.9. The van der Waals surface area contributed by atoms with Crippen molar-refractivity contribution in [2.24, 2.45) is 0 Å². The Morgan fingerprint density at radius 2 is 2.26 bits per heavy atom. The molecule has 19 heavy (non-hydrogen) atoms. The van der Waals surface area contributed by atoms with Gasteiger partial charge in [-0.15, -0.1) is 10.2 Å². The number of hydrogen-bond donors (Lipinski definition) is 1. The molecule has 0 amide bonds. The minimum Gasteiger partial charge on any atom is -0.383 e. The van der Waals surface area contributed by atoms with Crippen molar-refractivity contribution in [3.8, 4) is 10.6 Å². The summed E-state index contributed by atoms with van der Waals surface area (Å²) in [4.78, 5) is 0. The average Bonchev–Trinajstić information content (AvgIpc) is 2.87. The molecule has 0 radical (unpaired) electrons. The van der Waals surface area contributed by atoms with Crippen molar-refractivity contribution in [3.05, 3.63) is 32.7 Å². The first-order chi connectivity index (χ1) is 9.22. The van der Waals surface area contributed by atoms with Crippen molar-refractivity contribution in [1.82, 2.24) is 15.5 Å². The van der Waals surface area contributed by atoms with Gasteiger partial charge in [-0.05, 0) is 22.0 Å². The predicted octanol–water partition coefficient (Wildman–Crippen LogP) is 3.36. The summed E-state index contributed by atoms with van der Waals surface area (Å²) in [6.45, 7) is 2.17. The van der Waals surface area contributed by atoms with E-state index >= 15 is 0 Å². The highest BCUT2D eigenvalue weighted by atomic mass is 79.9. The van der Waals surface area contributed by atoms with Crippen LogP contribution in [0.4, 0.5) is 0 Å². The highest BCUT2D eigenvalue weighted by Gasteiger charge is 2.11. The van der Waals surface area contributed by atoms with Gasteiger partial charge in [-0.3, -0.25) is 0 Å². The van der Waals surface area contributed by atoms with Gasteiger partial charge in [0.2, 0.25) is 0 Å². The molecule has 2 rings (SSSR count). The van der Waals surface area contributed by atoms with Crippen molar-refractivity contribution in [1.29, 1.82) is 0 Å². The lowest BCUT2D eigenvalue weighted by atomic mass is 10.2. The third-order valence-corrected chi connectivity index (χ3v) is 4.66. The zero-order chi connectivity index (χ0) is 13.7. The summed E-state index contributed by atoms with van der Waals surface area (Å²) in [5.74, 6) is 0. The zero-order valence-corrected chi connectivity index (χ0v) is 13.5. The molecular weight excluding hydrogens is 350 g/mol. The average molecular weight is 363 g/mol. The second-order valence-electron chi connectivity index (χ2n) is 3.77. The van der Waals surface area contributed by atoms with Crippen LogP contribution in [0.3, 0.4) is 0 Å². The minimum atomic E-state index is 0.664. The molecule has 1 aromatic heterocycles. The molecule has 0 bridgehead atoms. The van der Waals surface area contributed by atoms with Crippen molar-refractivity contribution in [3.63, 3.8) is 0 Å². The Hall–Kier alpha value is -0.530. The van der Waals surface area contributed by atoms with Gasteiger partial charge >= 0.3 is 0 Å². The molecule has 0 unspecified atom stereocenters. The number of hydrogen-bond acceptors (Lipinski definition) is 5. The smallest absolute Gasteiger partial charge is 0.149 e. The number of nitrogens with zero attached hydrogens (tertiary/aromatic N) is 2. The summed E-state index contributed by atoms with van der Waals surface area (Å²) >= 11 is 11.2. The first-order valence-corrected chi connectivity index (χ1v) is 7.67. The van der Waals surface area contributed by atoms with Gasteiger partial charge in [-0.1, -0.05) is 35.1 Å². The van der Waals surface area contributed by atoms with E-state index in [4.69, 9.17) is 16.3 Å². The molecule has 7 heteroatoms. The minimum absolute atomic E-state index is 0.664. The molecule has 102 valence electrons. The Kier molecular flexibility index (Phi) is 5.72. The Balaban J connectivity index is 2.06. The second-order valence-corrected chi connectivity index (χ2v) is 6.07. The highest BCUT2D eigenvalue weighted by molar-refractivity contribution is 9.10. The summed E-state index contributed by atoms with van der Waals surface area (Å²) in [7, 11) is 1.68. The third-order valence-electron chi connectivity index (χ3n) is 2.41. The molecule has 1 aromatic carbocycles. The molecule has 0 aliphatic heterocycles. The fraction of sp³-hybridized carbons (Fsp3) is 0.333. The molecular formula is C12H13BrClN3OS. The second kappa shape index (κ2) is 7.31. The van der Waals surface area contributed by atoms with Crippen molar-refractivity contribution >= 4 is 38.9 Å². The van der Waals surface area contributed by atoms with Gasteiger partial charge in [-0.2, -0.15) is 0 Å². The van der Waals surface area contributed by atoms with Crippen LogP contribution >= 0.6 is 38.9 Å². The topological polar surface area (TPSA) is 47.0 Å². The van der Waals surface area contributed by atoms with Crippen LogP contribution in [-0.4, -0.2) is 30.5 Å². The molecule has 0 saturated carbocycles. The van der Waals surface area contributed by atoms with Gasteiger partial charge in [0.1, 0.15) is 10.0 Å². The van der Waals surface area contributed by atoms with E-state index < -0.39 is 0 Å². The van der Waals surface area contributed by atoms with E-state index in [0.29, 0.717) is 18.2 Å². The van der Waals surface area contributed by atoms with Crippen LogP contribution in [0, 0.1) is 0 Å². The van der Waals surface area contributed by atoms with Crippen molar-refractivity contribution in [2.45, 2.75) is 6.54 Å². The number of rotatable bonds is 6. The number of ether oxygens (including phenoxy) is 1. The number of methoxy groups -OCH3 is 1. The number of benzene rings is 1. The fourth-order valence-electron chi connectivity index (χ4n) is 1.47. The maximum Gasteiger partial charge on any atom is 0.149 e. The standard InChI is InChI=1S/C12H13BrClN3OS/c1-18-6-5-15-7-10-16-17-12(19-10)8-3-2-4-9(13)11(8)14/h2-4,15H,5-7H2,1H3. The Morgan fingerprint density at radius 1 is 1.42 bits per heavy atom. The van der Waals surface area contributed by atoms with E-state index in [1.165, 1.54) is 11.3 Å². The molecule has 0 spiro atoms. The number of halogens is 2. The quantitative estimate of drug-likeness (QED) is 0.801. The summed E-state index contributed by atoms with van der Waals surface area (Å²) in [6, 6.07) is 5.78. The van der Waals surface area contributed by atoms with Gasteiger partial charge in [0.25, 0.3) is 0 Å². The number of aromatic nitrogens is 2. The van der Waals surface area contributed by atoms with Gasteiger partial charge in [-0.25, -0.2) is 0 Å². The summed E-state index contributed by atoms with van der Waals surface area (Å²) in [5, 5.41) is 14.0. The van der Waals surface area contributed by atoms with E-state index in [9.17, 15) is 0 Å². The summed E-state index contributed by atoms with van der Waals surface area (Å²) in [6.07, 6.45) is 0. The van der Waals surface area contributed by atoms with Crippen LogP contribution in [-0.2, 0) is 11.3 Å². The SMILES string of the molecule is COCCNCc1nnc(-c2cccc(Br)c2Cl)s1. The molecule has 4 nitrogen and oxygen atoms in total. The highest BCUT2D eigenvalue weighted by Crippen LogP contribution is 2.34.